The molecule has 0 aliphatic heterocycles. The molecule has 0 atom stereocenters. The first kappa shape index (κ1) is 17.0. The monoisotopic (exact) mass is 337 g/mol. The molecule has 0 bridgehead atoms. The average molecular weight is 336 g/mol. The number of nitrogens with two attached hydrogens (primary N) is 1. The maximum Gasteiger partial charge on any atom is 2.00 e. The first-order chi connectivity index (χ1) is 5.33. The van der Waals surface area contributed by atoms with E-state index in [4.69, 9.17) is 15.9 Å². The zero-order valence-electron chi connectivity index (χ0n) is 6.88. The van der Waals surface area contributed by atoms with E-state index in [-0.39, 0.29) is 48.9 Å². The van der Waals surface area contributed by atoms with E-state index in [1.165, 1.54) is 0 Å². The van der Waals surface area contributed by atoms with E-state index in [1.54, 1.807) is 0 Å². The Balaban J connectivity index is 0. The van der Waals surface area contributed by atoms with Crippen LogP contribution in [0.15, 0.2) is 0 Å². The molecule has 0 heterocycles. The molecule has 0 amide bonds. The van der Waals surface area contributed by atoms with Crippen LogP contribution < -0.4 is 15.5 Å². The summed E-state index contributed by atoms with van der Waals surface area (Å²) in [5.41, 5.74) is 3.59. The molecule has 0 aromatic rings. The van der Waals surface area contributed by atoms with Gasteiger partial charge in [0.1, 0.15) is 0 Å². The van der Waals surface area contributed by atoms with Crippen molar-refractivity contribution in [2.24, 2.45) is 5.73 Å². The smallest absolute Gasteiger partial charge is 0.790 e. The van der Waals surface area contributed by atoms with E-state index in [1.807, 2.05) is 0 Å². The third-order valence-electron chi connectivity index (χ3n) is 1.14. The summed E-state index contributed by atoms with van der Waals surface area (Å²) in [4.78, 5) is 19.9. The minimum atomic E-state index is -5.09. The fourth-order valence-electron chi connectivity index (χ4n) is 0.349. The van der Waals surface area contributed by atoms with Crippen molar-refractivity contribution in [3.8, 4) is 0 Å². The third kappa shape index (κ3) is 8.55. The summed E-state index contributed by atoms with van der Waals surface area (Å²) in [5.74, 6) is 0. The van der Waals surface area contributed by atoms with Crippen molar-refractivity contribution >= 4 is 56.7 Å². The third-order valence-corrected chi connectivity index (χ3v) is 1.59. The van der Waals surface area contributed by atoms with Crippen molar-refractivity contribution in [3.05, 3.63) is 0 Å². The van der Waals surface area contributed by atoms with E-state index in [9.17, 15) is 14.4 Å². The van der Waals surface area contributed by atoms with Gasteiger partial charge in [-0.05, 0) is 0 Å². The van der Waals surface area contributed by atoms with E-state index in [2.05, 4.69) is 4.52 Å². The molecule has 0 aliphatic carbocycles. The maximum atomic E-state index is 9.94. The second-order valence-corrected chi connectivity index (χ2v) is 3.55. The van der Waals surface area contributed by atoms with Gasteiger partial charge in [-0.3, -0.25) is 0 Å². The minimum absolute atomic E-state index is 0. The molecule has 0 fully saturated rings. The molecule has 0 unspecified atom stereocenters. The van der Waals surface area contributed by atoms with Crippen LogP contribution in [0.1, 0.15) is 0 Å². The molecule has 0 saturated carbocycles. The molecule has 13 heavy (non-hydrogen) atoms. The number of aliphatic hydroxyl groups excluding tert-OH is 2. The molecule has 7 nitrogen and oxygen atoms in total. The van der Waals surface area contributed by atoms with Crippen LogP contribution in [0.5, 0.6) is 0 Å². The molecule has 0 saturated heterocycles. The summed E-state index contributed by atoms with van der Waals surface area (Å²) in [6, 6.07) is 0. The van der Waals surface area contributed by atoms with Gasteiger partial charge in [-0.25, -0.2) is 0 Å². The number of phosphoric acid groups is 1. The second-order valence-electron chi connectivity index (χ2n) is 2.40. The van der Waals surface area contributed by atoms with Crippen LogP contribution in [0.3, 0.4) is 0 Å². The van der Waals surface area contributed by atoms with Crippen LogP contribution in [0, 0.1) is 0 Å². The molecule has 0 radical (unpaired) electrons. The van der Waals surface area contributed by atoms with Crippen LogP contribution in [-0.2, 0) is 9.09 Å². The van der Waals surface area contributed by atoms with Gasteiger partial charge in [0.15, 0.2) is 0 Å². The fourth-order valence-corrected chi connectivity index (χ4v) is 0.764. The summed E-state index contributed by atoms with van der Waals surface area (Å²) < 4.78 is 13.7. The van der Waals surface area contributed by atoms with E-state index in [0.717, 1.165) is 0 Å². The number of rotatable bonds is 5. The summed E-state index contributed by atoms with van der Waals surface area (Å²) in [7, 11) is -5.09. The zero-order valence-corrected chi connectivity index (χ0v) is 12.2. The predicted octanol–water partition coefficient (Wildman–Crippen LogP) is -3.87. The molecule has 0 spiro atoms. The van der Waals surface area contributed by atoms with Crippen LogP contribution in [-0.4, -0.2) is 84.5 Å². The quantitative estimate of drug-likeness (QED) is 0.345. The maximum absolute atomic E-state index is 9.94. The Hall–Kier alpha value is 1.56. The summed E-state index contributed by atoms with van der Waals surface area (Å²) in [6.07, 6.45) is 0. The molecule has 0 aromatic heterocycles. The van der Waals surface area contributed by atoms with Crippen molar-refractivity contribution < 1.29 is 29.1 Å². The van der Waals surface area contributed by atoms with Crippen molar-refractivity contribution in [2.45, 2.75) is 5.54 Å². The molecule has 9 heteroatoms. The normalized spacial score (nSPS) is 12.4. The molecular formula is C4H10BaNO6P. The fraction of sp³-hybridized carbons (Fsp3) is 1.00. The molecule has 4 N–H and O–H groups in total. The predicted molar refractivity (Wildman–Crippen MR) is 40.4 cm³/mol. The molecule has 74 valence electrons. The molecule has 0 aromatic carbocycles. The minimum Gasteiger partial charge on any atom is -0.790 e. The van der Waals surface area contributed by atoms with Gasteiger partial charge in [0.2, 0.25) is 0 Å². The number of hydrogen-bond donors (Lipinski definition) is 3. The van der Waals surface area contributed by atoms with Crippen molar-refractivity contribution in [3.63, 3.8) is 0 Å². The van der Waals surface area contributed by atoms with Gasteiger partial charge in [-0.15, -0.1) is 0 Å². The topological polar surface area (TPSA) is 139 Å². The first-order valence-electron chi connectivity index (χ1n) is 3.00. The summed E-state index contributed by atoms with van der Waals surface area (Å²) >= 11 is 0. The molecular weight excluding hydrogens is 326 g/mol. The number of aliphatic hydroxyl groups is 2. The van der Waals surface area contributed by atoms with Gasteiger partial charge >= 0.3 is 48.9 Å². The number of phosphoric ester groups is 1. The Morgan fingerprint density at radius 2 is 1.77 bits per heavy atom. The first-order valence-corrected chi connectivity index (χ1v) is 4.46. The molecule has 0 aliphatic rings. The van der Waals surface area contributed by atoms with Gasteiger partial charge in [-0.2, -0.15) is 0 Å². The number of hydrogen-bond acceptors (Lipinski definition) is 7. The standard InChI is InChI=1S/C4H12NO6P.Ba/c5-4(1-6,2-7)3-11-12(8,9)10;/h6-7H,1-3,5H2,(H2,8,9,10);/q;+2/p-2. The van der Waals surface area contributed by atoms with Gasteiger partial charge < -0.3 is 34.8 Å². The van der Waals surface area contributed by atoms with E-state index >= 15 is 0 Å². The van der Waals surface area contributed by atoms with Crippen molar-refractivity contribution in [1.82, 2.24) is 0 Å². The van der Waals surface area contributed by atoms with Crippen LogP contribution >= 0.6 is 7.82 Å². The van der Waals surface area contributed by atoms with Gasteiger partial charge in [-0.1, -0.05) is 0 Å². The Labute approximate surface area is 116 Å². The Kier molecular flexibility index (Phi) is 9.06. The van der Waals surface area contributed by atoms with Crippen LogP contribution in [0.25, 0.3) is 0 Å². The average Bonchev–Trinajstić information content (AvgIpc) is 1.99. The van der Waals surface area contributed by atoms with E-state index in [0.29, 0.717) is 0 Å². The second kappa shape index (κ2) is 6.94. The van der Waals surface area contributed by atoms with Gasteiger partial charge in [0.25, 0.3) is 0 Å². The Morgan fingerprint density at radius 3 is 2.00 bits per heavy atom. The van der Waals surface area contributed by atoms with Gasteiger partial charge in [0, 0.05) is 0 Å². The Bertz CT molecular complexity index is 179. The van der Waals surface area contributed by atoms with Crippen molar-refractivity contribution in [2.75, 3.05) is 19.8 Å². The van der Waals surface area contributed by atoms with Crippen LogP contribution in [0.4, 0.5) is 0 Å². The summed E-state index contributed by atoms with van der Waals surface area (Å²) in [5, 5.41) is 17.0. The zero-order chi connectivity index (χ0) is 9.83. The summed E-state index contributed by atoms with van der Waals surface area (Å²) in [6.45, 7) is -2.09. The van der Waals surface area contributed by atoms with Gasteiger partial charge in [0.05, 0.1) is 33.2 Å². The van der Waals surface area contributed by atoms with E-state index < -0.39 is 33.2 Å². The molecule has 0 rings (SSSR count). The van der Waals surface area contributed by atoms with Crippen LogP contribution in [0.2, 0.25) is 0 Å². The Morgan fingerprint density at radius 1 is 1.38 bits per heavy atom. The SMILES string of the molecule is NC(CO)(CO)COP(=O)([O-])[O-].[Ba+2]. The van der Waals surface area contributed by atoms with Crippen molar-refractivity contribution in [1.29, 1.82) is 0 Å². The largest absolute Gasteiger partial charge is 2.00 e.